The molecule has 3 aromatic rings. The maximum Gasteiger partial charge on any atom is 0.260 e. The van der Waals surface area contributed by atoms with Gasteiger partial charge in [-0.1, -0.05) is 29.8 Å². The largest absolute Gasteiger partial charge is 0.495 e. The summed E-state index contributed by atoms with van der Waals surface area (Å²) in [4.78, 5) is 34.5. The van der Waals surface area contributed by atoms with Gasteiger partial charge in [-0.25, -0.2) is 4.98 Å². The Bertz CT molecular complexity index is 1440. The van der Waals surface area contributed by atoms with Crippen LogP contribution in [0.3, 0.4) is 0 Å². The number of carbonyl (C=O) groups is 1. The molecule has 0 bridgehead atoms. The van der Waals surface area contributed by atoms with Crippen LogP contribution in [0.25, 0.3) is 22.2 Å². The molecule has 3 unspecified atom stereocenters. The van der Waals surface area contributed by atoms with E-state index in [1.54, 1.807) is 0 Å². The van der Waals surface area contributed by atoms with E-state index in [1.807, 2.05) is 0 Å². The third-order valence-corrected chi connectivity index (χ3v) is 6.93. The number of methoxy groups -OCH3 is 2. The molecule has 14 heteroatoms. The number of aromatic nitrogens is 3. The lowest BCUT2D eigenvalue weighted by atomic mass is 10.0. The molecule has 2 aromatic heterocycles. The number of fused-ring (bicyclic) bond motifs is 1. The molecule has 0 spiro atoms. The average Bonchev–Trinajstić information content (AvgIpc) is 3.36. The van der Waals surface area contributed by atoms with Gasteiger partial charge >= 0.3 is 0 Å². The molecule has 4 N–H and O–H groups in total. The summed E-state index contributed by atoms with van der Waals surface area (Å²) in [5.74, 6) is 0.293. The van der Waals surface area contributed by atoms with Crippen molar-refractivity contribution in [3.63, 3.8) is 0 Å². The van der Waals surface area contributed by atoms with E-state index in [9.17, 15) is 19.8 Å². The smallest absolute Gasteiger partial charge is 0.260 e. The lowest BCUT2D eigenvalue weighted by molar-refractivity contribution is -0.117. The summed E-state index contributed by atoms with van der Waals surface area (Å²) in [6.45, 7) is 3.15. The summed E-state index contributed by atoms with van der Waals surface area (Å²) in [6, 6.07) is 2.32. The fourth-order valence-electron chi connectivity index (χ4n) is 4.21. The number of nitrogens with one attached hydrogen (secondary N) is 2. The Morgan fingerprint density at radius 3 is 2.54 bits per heavy atom. The zero-order valence-corrected chi connectivity index (χ0v) is 22.6. The van der Waals surface area contributed by atoms with Gasteiger partial charge in [0.2, 0.25) is 11.9 Å². The maximum absolute atomic E-state index is 13.8. The van der Waals surface area contributed by atoms with Crippen LogP contribution in [-0.4, -0.2) is 82.9 Å². The topological polar surface area (TPSA) is 157 Å². The molecule has 1 aromatic carbocycles. The van der Waals surface area contributed by atoms with Crippen LogP contribution < -0.4 is 25.7 Å². The number of amides is 1. The Morgan fingerprint density at radius 1 is 1.26 bits per heavy atom. The fourth-order valence-corrected chi connectivity index (χ4v) is 4.92. The first kappa shape index (κ1) is 28.6. The molecule has 1 aliphatic rings. The number of hydrogen-bond acceptors (Lipinski definition) is 10. The molecule has 1 saturated heterocycles. The van der Waals surface area contributed by atoms with Crippen LogP contribution in [0.5, 0.6) is 11.5 Å². The molecule has 0 radical (unpaired) electrons. The first-order valence-electron chi connectivity index (χ1n) is 11.8. The highest BCUT2D eigenvalue weighted by Gasteiger charge is 2.30. The molecule has 12 nitrogen and oxygen atoms in total. The van der Waals surface area contributed by atoms with E-state index in [1.165, 1.54) is 43.2 Å². The SMILES string of the molecule is C=CC(=O)NC1COCC1Nc1ncc2cc(-c3c(Cl)c(OC)cc(OC)c3Cl)c(=O)n(CC(O)CO)c2n1. The van der Waals surface area contributed by atoms with Crippen LogP contribution in [0.2, 0.25) is 10.0 Å². The van der Waals surface area contributed by atoms with Gasteiger partial charge in [0.25, 0.3) is 5.56 Å². The summed E-state index contributed by atoms with van der Waals surface area (Å²) >= 11 is 13.1. The Labute approximate surface area is 233 Å². The highest BCUT2D eigenvalue weighted by molar-refractivity contribution is 6.41. The van der Waals surface area contributed by atoms with E-state index >= 15 is 0 Å². The molecule has 1 aliphatic heterocycles. The minimum atomic E-state index is -1.26. The molecule has 0 saturated carbocycles. The van der Waals surface area contributed by atoms with Crippen molar-refractivity contribution in [3.8, 4) is 22.6 Å². The van der Waals surface area contributed by atoms with E-state index in [-0.39, 0.29) is 82.0 Å². The summed E-state index contributed by atoms with van der Waals surface area (Å²) < 4.78 is 17.4. The predicted molar refractivity (Wildman–Crippen MR) is 146 cm³/mol. The Balaban J connectivity index is 1.85. The van der Waals surface area contributed by atoms with Crippen molar-refractivity contribution in [1.29, 1.82) is 0 Å². The van der Waals surface area contributed by atoms with Crippen LogP contribution in [-0.2, 0) is 16.1 Å². The van der Waals surface area contributed by atoms with E-state index < -0.39 is 18.3 Å². The zero-order valence-electron chi connectivity index (χ0n) is 21.1. The Kier molecular flexibility index (Phi) is 8.93. The standard InChI is InChI=1S/C25H27Cl2N5O7/c1-4-19(35)29-15-10-39-11-16(15)30-25-28-7-12-5-14(24(36)32(23(12)31-25)8-13(34)9-33)20-21(26)17(37-2)6-18(38-3)22(20)27/h4-7,13,15-16,33-34H,1,8-11H2,2-3H3,(H,29,35)(H,28,30,31). The summed E-state index contributed by atoms with van der Waals surface area (Å²) in [5, 5.41) is 26.2. The van der Waals surface area contributed by atoms with Crippen molar-refractivity contribution < 1.29 is 29.2 Å². The van der Waals surface area contributed by atoms with Crippen LogP contribution in [0, 0.1) is 0 Å². The van der Waals surface area contributed by atoms with Gasteiger partial charge in [-0.05, 0) is 12.1 Å². The van der Waals surface area contributed by atoms with Gasteiger partial charge in [-0.2, -0.15) is 4.98 Å². The second kappa shape index (κ2) is 12.2. The number of nitrogens with zero attached hydrogens (tertiary/aromatic N) is 3. The lowest BCUT2D eigenvalue weighted by Crippen LogP contribution is -2.45. The molecule has 3 heterocycles. The molecule has 4 rings (SSSR count). The monoisotopic (exact) mass is 579 g/mol. The van der Waals surface area contributed by atoms with Crippen LogP contribution >= 0.6 is 23.2 Å². The maximum atomic E-state index is 13.8. The van der Waals surface area contributed by atoms with Crippen LogP contribution in [0.4, 0.5) is 5.95 Å². The number of pyridine rings is 1. The average molecular weight is 580 g/mol. The zero-order chi connectivity index (χ0) is 28.3. The quantitative estimate of drug-likeness (QED) is 0.260. The second-order valence-electron chi connectivity index (χ2n) is 8.67. The van der Waals surface area contributed by atoms with Gasteiger partial charge in [0.1, 0.15) is 17.1 Å². The van der Waals surface area contributed by atoms with Gasteiger partial charge in [-0.15, -0.1) is 0 Å². The first-order valence-corrected chi connectivity index (χ1v) is 12.5. The molecule has 1 amide bonds. The van der Waals surface area contributed by atoms with Crippen molar-refractivity contribution in [2.75, 3.05) is 39.4 Å². The molecule has 3 atom stereocenters. The molecular weight excluding hydrogens is 553 g/mol. The summed E-state index contributed by atoms with van der Waals surface area (Å²) in [6.07, 6.45) is 1.39. The summed E-state index contributed by atoms with van der Waals surface area (Å²) in [5.41, 5.74) is -0.152. The number of rotatable bonds is 10. The van der Waals surface area contributed by atoms with Gasteiger partial charge in [0, 0.05) is 23.2 Å². The van der Waals surface area contributed by atoms with Crippen LogP contribution in [0.1, 0.15) is 0 Å². The number of aliphatic hydroxyl groups is 2. The molecular formula is C25H27Cl2N5O7. The number of benzene rings is 1. The minimum Gasteiger partial charge on any atom is -0.495 e. The number of halogens is 2. The highest BCUT2D eigenvalue weighted by Crippen LogP contribution is 2.45. The number of anilines is 1. The van der Waals surface area contributed by atoms with E-state index in [4.69, 9.17) is 37.4 Å². The Morgan fingerprint density at radius 2 is 1.92 bits per heavy atom. The minimum absolute atomic E-state index is 0.0838. The van der Waals surface area contributed by atoms with E-state index in [2.05, 4.69) is 27.2 Å². The number of carbonyl (C=O) groups excluding carboxylic acids is 1. The predicted octanol–water partition coefficient (Wildman–Crippen LogP) is 1.62. The molecule has 208 valence electrons. The summed E-state index contributed by atoms with van der Waals surface area (Å²) in [7, 11) is 2.83. The molecule has 1 fully saturated rings. The van der Waals surface area contributed by atoms with Gasteiger partial charge in [0.15, 0.2) is 0 Å². The number of aliphatic hydroxyl groups excluding tert-OH is 2. The Hall–Kier alpha value is -3.42. The lowest BCUT2D eigenvalue weighted by Gasteiger charge is -2.21. The van der Waals surface area contributed by atoms with Crippen LogP contribution in [0.15, 0.2) is 35.8 Å². The number of hydrogen-bond donors (Lipinski definition) is 4. The van der Waals surface area contributed by atoms with Gasteiger partial charge in [0.05, 0.1) is 74.4 Å². The normalized spacial score (nSPS) is 17.6. The number of ether oxygens (including phenoxy) is 3. The second-order valence-corrected chi connectivity index (χ2v) is 9.43. The van der Waals surface area contributed by atoms with Crippen molar-refractivity contribution >= 4 is 46.1 Å². The van der Waals surface area contributed by atoms with E-state index in [0.717, 1.165) is 0 Å². The van der Waals surface area contributed by atoms with E-state index in [0.29, 0.717) is 5.39 Å². The van der Waals surface area contributed by atoms with Gasteiger partial charge < -0.3 is 35.1 Å². The van der Waals surface area contributed by atoms with Crippen molar-refractivity contribution in [2.45, 2.75) is 24.7 Å². The van der Waals surface area contributed by atoms with Gasteiger partial charge in [-0.3, -0.25) is 14.2 Å². The first-order chi connectivity index (χ1) is 18.7. The van der Waals surface area contributed by atoms with Crippen molar-refractivity contribution in [1.82, 2.24) is 19.9 Å². The molecule has 0 aliphatic carbocycles. The van der Waals surface area contributed by atoms with Crippen molar-refractivity contribution in [3.05, 3.63) is 51.4 Å². The third kappa shape index (κ3) is 5.80. The third-order valence-electron chi connectivity index (χ3n) is 6.18. The van der Waals surface area contributed by atoms with Crippen molar-refractivity contribution in [2.24, 2.45) is 0 Å². The highest BCUT2D eigenvalue weighted by atomic mass is 35.5. The fraction of sp³-hybridized carbons (Fsp3) is 0.360. The molecule has 39 heavy (non-hydrogen) atoms.